The Morgan fingerprint density at radius 1 is 0.560 bits per heavy atom. The van der Waals surface area contributed by atoms with E-state index >= 15 is 0 Å². The summed E-state index contributed by atoms with van der Waals surface area (Å²) in [4.78, 5) is 0. The topological polar surface area (TPSA) is 66.4 Å². The Morgan fingerprint density at radius 2 is 0.840 bits per heavy atom. The standard InChI is InChI=1S/C18H37ClO6/c1-13(20)8-21-15(3)10-23-17(5)12-25-18(6)11-24-16(4)9-22-14(2)7-19/h13-18,20H,7-12H2,1-6H3. The Kier molecular flexibility index (Phi) is 15.2. The second-order valence-corrected chi connectivity index (χ2v) is 7.03. The molecule has 0 radical (unpaired) electrons. The fourth-order valence-corrected chi connectivity index (χ4v) is 1.83. The Morgan fingerprint density at radius 3 is 1.12 bits per heavy atom. The van der Waals surface area contributed by atoms with Crippen LogP contribution < -0.4 is 0 Å². The largest absolute Gasteiger partial charge is 0.391 e. The smallest absolute Gasteiger partial charge is 0.0781 e. The lowest BCUT2D eigenvalue weighted by Crippen LogP contribution is -2.29. The summed E-state index contributed by atoms with van der Waals surface area (Å²) in [7, 11) is 0. The van der Waals surface area contributed by atoms with Crippen molar-refractivity contribution in [3.8, 4) is 0 Å². The molecule has 0 heterocycles. The van der Waals surface area contributed by atoms with E-state index in [0.29, 0.717) is 38.9 Å². The molecule has 0 amide bonds. The Bertz CT molecular complexity index is 305. The monoisotopic (exact) mass is 384 g/mol. The first-order valence-electron chi connectivity index (χ1n) is 9.06. The third-order valence-corrected chi connectivity index (χ3v) is 3.74. The third kappa shape index (κ3) is 16.0. The molecule has 0 fully saturated rings. The van der Waals surface area contributed by atoms with E-state index < -0.39 is 6.10 Å². The van der Waals surface area contributed by atoms with Gasteiger partial charge in [-0.15, -0.1) is 11.6 Å². The predicted octanol–water partition coefficient (Wildman–Crippen LogP) is 2.63. The van der Waals surface area contributed by atoms with Crippen molar-refractivity contribution in [3.63, 3.8) is 0 Å². The van der Waals surface area contributed by atoms with Crippen molar-refractivity contribution in [2.24, 2.45) is 0 Å². The SMILES string of the molecule is CC(O)COC(C)COC(C)COC(C)COC(C)COC(C)CCl. The van der Waals surface area contributed by atoms with Gasteiger partial charge in [0.05, 0.1) is 69.7 Å². The molecule has 0 aliphatic heterocycles. The van der Waals surface area contributed by atoms with Gasteiger partial charge in [0, 0.05) is 5.88 Å². The van der Waals surface area contributed by atoms with Gasteiger partial charge in [0.25, 0.3) is 0 Å². The summed E-state index contributed by atoms with van der Waals surface area (Å²) in [6.45, 7) is 13.7. The molecule has 0 rings (SSSR count). The number of aliphatic hydroxyl groups is 1. The first-order valence-corrected chi connectivity index (χ1v) is 9.60. The average Bonchev–Trinajstić information content (AvgIpc) is 2.58. The summed E-state index contributed by atoms with van der Waals surface area (Å²) in [6.07, 6.45) is -0.555. The molecule has 6 nitrogen and oxygen atoms in total. The van der Waals surface area contributed by atoms with Crippen LogP contribution in [-0.4, -0.2) is 80.6 Å². The zero-order valence-corrected chi connectivity index (χ0v) is 17.3. The zero-order chi connectivity index (χ0) is 19.2. The van der Waals surface area contributed by atoms with Crippen LogP contribution in [0.3, 0.4) is 0 Å². The van der Waals surface area contributed by atoms with Crippen molar-refractivity contribution >= 4 is 11.6 Å². The fourth-order valence-electron chi connectivity index (χ4n) is 1.74. The second kappa shape index (κ2) is 15.1. The van der Waals surface area contributed by atoms with Gasteiger partial charge in [-0.25, -0.2) is 0 Å². The number of aliphatic hydroxyl groups excluding tert-OH is 1. The van der Waals surface area contributed by atoms with E-state index in [9.17, 15) is 5.11 Å². The van der Waals surface area contributed by atoms with Gasteiger partial charge in [0.2, 0.25) is 0 Å². The van der Waals surface area contributed by atoms with E-state index in [4.69, 9.17) is 35.3 Å². The van der Waals surface area contributed by atoms with Crippen LogP contribution in [0.15, 0.2) is 0 Å². The summed E-state index contributed by atoms with van der Waals surface area (Å²) < 4.78 is 28.1. The molecule has 0 aliphatic carbocycles. The van der Waals surface area contributed by atoms with Crippen LogP contribution in [0, 0.1) is 0 Å². The fraction of sp³-hybridized carbons (Fsp3) is 1.00. The summed E-state index contributed by atoms with van der Waals surface area (Å²) in [5.74, 6) is 0.479. The van der Waals surface area contributed by atoms with Gasteiger partial charge in [-0.05, 0) is 41.5 Å². The number of ether oxygens (including phenoxy) is 5. The second-order valence-electron chi connectivity index (χ2n) is 6.72. The number of hydrogen-bond acceptors (Lipinski definition) is 6. The van der Waals surface area contributed by atoms with E-state index in [2.05, 4.69) is 0 Å². The molecule has 0 spiro atoms. The minimum absolute atomic E-state index is 0.00250. The van der Waals surface area contributed by atoms with Gasteiger partial charge in [-0.1, -0.05) is 0 Å². The predicted molar refractivity (Wildman–Crippen MR) is 99.5 cm³/mol. The lowest BCUT2D eigenvalue weighted by molar-refractivity contribution is -0.0979. The van der Waals surface area contributed by atoms with E-state index in [0.717, 1.165) is 0 Å². The van der Waals surface area contributed by atoms with Crippen LogP contribution in [0.2, 0.25) is 0 Å². The van der Waals surface area contributed by atoms with Gasteiger partial charge in [-0.2, -0.15) is 0 Å². The number of hydrogen-bond donors (Lipinski definition) is 1. The molecular formula is C18H37ClO6. The molecule has 0 saturated carbocycles. The molecule has 1 N–H and O–H groups in total. The van der Waals surface area contributed by atoms with Gasteiger partial charge in [0.15, 0.2) is 0 Å². The van der Waals surface area contributed by atoms with Gasteiger partial charge >= 0.3 is 0 Å². The van der Waals surface area contributed by atoms with Crippen LogP contribution >= 0.6 is 11.6 Å². The van der Waals surface area contributed by atoms with Crippen LogP contribution in [0.4, 0.5) is 0 Å². The lowest BCUT2D eigenvalue weighted by atomic mass is 10.3. The van der Waals surface area contributed by atoms with Crippen LogP contribution in [0.1, 0.15) is 41.5 Å². The third-order valence-electron chi connectivity index (χ3n) is 3.30. The van der Waals surface area contributed by atoms with Gasteiger partial charge in [0.1, 0.15) is 0 Å². The first-order chi connectivity index (χ1) is 11.7. The summed E-state index contributed by atoms with van der Waals surface area (Å²) in [5.41, 5.74) is 0. The van der Waals surface area contributed by atoms with Gasteiger partial charge in [-0.3, -0.25) is 0 Å². The molecule has 0 aromatic heterocycles. The maximum Gasteiger partial charge on any atom is 0.0781 e. The highest BCUT2D eigenvalue weighted by Crippen LogP contribution is 2.03. The maximum absolute atomic E-state index is 9.18. The summed E-state index contributed by atoms with van der Waals surface area (Å²) in [6, 6.07) is 0. The summed E-state index contributed by atoms with van der Waals surface area (Å²) >= 11 is 5.69. The van der Waals surface area contributed by atoms with Gasteiger partial charge < -0.3 is 28.8 Å². The van der Waals surface area contributed by atoms with E-state index in [1.54, 1.807) is 6.92 Å². The molecule has 0 aromatic carbocycles. The molecule has 0 bridgehead atoms. The molecule has 7 heteroatoms. The lowest BCUT2D eigenvalue weighted by Gasteiger charge is -2.22. The average molecular weight is 385 g/mol. The van der Waals surface area contributed by atoms with E-state index in [1.165, 1.54) is 0 Å². The Labute approximate surface area is 158 Å². The molecule has 0 saturated heterocycles. The molecule has 6 atom stereocenters. The van der Waals surface area contributed by atoms with Crippen LogP contribution in [0.25, 0.3) is 0 Å². The first kappa shape index (κ1) is 25.1. The molecule has 25 heavy (non-hydrogen) atoms. The maximum atomic E-state index is 9.18. The molecule has 152 valence electrons. The number of rotatable bonds is 16. The van der Waals surface area contributed by atoms with Crippen molar-refractivity contribution in [2.45, 2.75) is 78.2 Å². The number of alkyl halides is 1. The normalized spacial score (nSPS) is 19.2. The van der Waals surface area contributed by atoms with Crippen LogP contribution in [-0.2, 0) is 23.7 Å². The summed E-state index contributed by atoms with van der Waals surface area (Å²) in [5, 5.41) is 9.18. The number of halogens is 1. The molecule has 6 unspecified atom stereocenters. The van der Waals surface area contributed by atoms with E-state index in [-0.39, 0.29) is 30.5 Å². The zero-order valence-electron chi connectivity index (χ0n) is 16.6. The Hall–Kier alpha value is 0.0500. The minimum atomic E-state index is -0.463. The highest BCUT2D eigenvalue weighted by molar-refractivity contribution is 6.18. The van der Waals surface area contributed by atoms with Crippen molar-refractivity contribution < 1.29 is 28.8 Å². The van der Waals surface area contributed by atoms with Crippen molar-refractivity contribution in [1.82, 2.24) is 0 Å². The quantitative estimate of drug-likeness (QED) is 0.413. The van der Waals surface area contributed by atoms with Crippen molar-refractivity contribution in [2.75, 3.05) is 38.9 Å². The highest BCUT2D eigenvalue weighted by atomic mass is 35.5. The Balaban J connectivity index is 3.70. The van der Waals surface area contributed by atoms with Crippen LogP contribution in [0.5, 0.6) is 0 Å². The molecule has 0 aliphatic rings. The minimum Gasteiger partial charge on any atom is -0.391 e. The molecule has 0 aromatic rings. The highest BCUT2D eigenvalue weighted by Gasteiger charge is 2.12. The van der Waals surface area contributed by atoms with Crippen molar-refractivity contribution in [3.05, 3.63) is 0 Å². The van der Waals surface area contributed by atoms with Crippen molar-refractivity contribution in [1.29, 1.82) is 0 Å². The molecular weight excluding hydrogens is 348 g/mol. The van der Waals surface area contributed by atoms with E-state index in [1.807, 2.05) is 34.6 Å².